The summed E-state index contributed by atoms with van der Waals surface area (Å²) in [5.41, 5.74) is 3.64. The van der Waals surface area contributed by atoms with Crippen LogP contribution in [0, 0.1) is 5.41 Å². The van der Waals surface area contributed by atoms with Gasteiger partial charge in [0.25, 0.3) is 0 Å². The Balaban J connectivity index is 0.00000408. The topological polar surface area (TPSA) is 101 Å². The molecule has 0 fully saturated rings. The number of allylic oxidation sites excluding steroid dienone is 1. The Morgan fingerprint density at radius 1 is 1.26 bits per heavy atom. The van der Waals surface area contributed by atoms with Crippen LogP contribution >= 0.6 is 0 Å². The van der Waals surface area contributed by atoms with Crippen molar-refractivity contribution in [1.29, 1.82) is 0 Å². The van der Waals surface area contributed by atoms with Crippen LogP contribution in [0.15, 0.2) is 64.7 Å². The molecule has 0 aliphatic carbocycles. The number of rotatable bonds is 11. The van der Waals surface area contributed by atoms with E-state index in [0.717, 1.165) is 33.8 Å². The fourth-order valence-electron chi connectivity index (χ4n) is 3.19. The Labute approximate surface area is 200 Å². The van der Waals surface area contributed by atoms with Crippen molar-refractivity contribution in [3.05, 3.63) is 60.3 Å². The lowest BCUT2D eigenvalue weighted by Crippen LogP contribution is -2.32. The maximum atomic E-state index is 11.3. The molecule has 1 atom stereocenters. The molecule has 1 unspecified atom stereocenters. The number of para-hydroxylation sites is 2. The number of carboxylic acid groups (broad SMARTS) is 1. The number of carboxylic acids is 1. The van der Waals surface area contributed by atoms with Gasteiger partial charge in [0.15, 0.2) is 0 Å². The molecule has 0 aliphatic rings. The normalized spacial score (nSPS) is 13.4. The van der Waals surface area contributed by atoms with Crippen molar-refractivity contribution >= 4 is 47.1 Å². The molecule has 3 aromatic rings. The Morgan fingerprint density at radius 2 is 1.97 bits per heavy atom. The van der Waals surface area contributed by atoms with Crippen molar-refractivity contribution in [2.24, 2.45) is 22.4 Å². The van der Waals surface area contributed by atoms with E-state index in [0.29, 0.717) is 6.42 Å². The smallest absolute Gasteiger partial charge is 0.311 e. The van der Waals surface area contributed by atoms with Gasteiger partial charge in [-0.3, -0.25) is 14.8 Å². The van der Waals surface area contributed by atoms with Gasteiger partial charge in [0.1, 0.15) is 6.73 Å². The number of carbonyl (C=O) groups is 1. The Kier molecular flexibility index (Phi) is 9.27. The molecular formula is C26H33N5O3. The van der Waals surface area contributed by atoms with Crippen molar-refractivity contribution < 1.29 is 14.6 Å². The molecular weight excluding hydrogens is 430 g/mol. The van der Waals surface area contributed by atoms with Crippen LogP contribution in [0.2, 0.25) is 0 Å². The van der Waals surface area contributed by atoms with E-state index >= 15 is 0 Å². The van der Waals surface area contributed by atoms with Gasteiger partial charge in [0.05, 0.1) is 23.1 Å². The van der Waals surface area contributed by atoms with E-state index < -0.39 is 11.4 Å². The number of fused-ring (bicyclic) bond motifs is 1. The van der Waals surface area contributed by atoms with E-state index in [2.05, 4.69) is 27.0 Å². The highest BCUT2D eigenvalue weighted by atomic mass is 16.5. The summed E-state index contributed by atoms with van der Waals surface area (Å²) in [5, 5.41) is 12.6. The van der Waals surface area contributed by atoms with Crippen LogP contribution in [0.5, 0.6) is 0 Å². The van der Waals surface area contributed by atoms with Gasteiger partial charge in [-0.25, -0.2) is 4.98 Å². The van der Waals surface area contributed by atoms with Gasteiger partial charge in [-0.2, -0.15) is 0 Å². The lowest BCUT2D eigenvalue weighted by Gasteiger charge is -2.21. The minimum absolute atomic E-state index is 0. The highest BCUT2D eigenvalue weighted by Crippen LogP contribution is 2.23. The first-order valence-corrected chi connectivity index (χ1v) is 10.6. The second-order valence-electron chi connectivity index (χ2n) is 7.96. The molecule has 0 bridgehead atoms. The van der Waals surface area contributed by atoms with Crippen LogP contribution in [-0.2, 0) is 16.6 Å². The zero-order valence-corrected chi connectivity index (χ0v) is 19.2. The molecule has 2 N–H and O–H groups in total. The Morgan fingerprint density at radius 3 is 2.59 bits per heavy atom. The number of nitrogens with one attached hydrogen (secondary N) is 1. The van der Waals surface area contributed by atoms with E-state index in [-0.39, 0.29) is 20.8 Å². The summed E-state index contributed by atoms with van der Waals surface area (Å²) >= 11 is 0. The number of aromatic nitrogens is 2. The maximum Gasteiger partial charge on any atom is 0.311 e. The number of anilines is 2. The van der Waals surface area contributed by atoms with Crippen LogP contribution in [-0.4, -0.2) is 46.9 Å². The first-order chi connectivity index (χ1) is 15.9. The molecule has 8 heteroatoms. The third kappa shape index (κ3) is 6.17. The summed E-state index contributed by atoms with van der Waals surface area (Å²) in [6.07, 6.45) is 3.74. The van der Waals surface area contributed by atoms with E-state index in [1.54, 1.807) is 19.3 Å². The minimum Gasteiger partial charge on any atom is -0.481 e. The zero-order chi connectivity index (χ0) is 23.8. The lowest BCUT2D eigenvalue weighted by atomic mass is 9.89. The molecule has 2 aromatic carbocycles. The predicted molar refractivity (Wildman–Crippen MR) is 140 cm³/mol. The lowest BCUT2D eigenvalue weighted by molar-refractivity contribution is -0.151. The number of aliphatic imine (C=N–C) groups is 2. The number of hydrogen-bond acceptors (Lipinski definition) is 6. The number of benzene rings is 2. The first kappa shape index (κ1) is 26.5. The summed E-state index contributed by atoms with van der Waals surface area (Å²) in [6, 6.07) is 15.8. The molecule has 1 aromatic heterocycles. The summed E-state index contributed by atoms with van der Waals surface area (Å²) in [6.45, 7) is 7.17. The largest absolute Gasteiger partial charge is 0.481 e. The van der Waals surface area contributed by atoms with Crippen molar-refractivity contribution in [2.75, 3.05) is 18.7 Å². The quantitative estimate of drug-likeness (QED) is 0.287. The number of ether oxygens (including phenoxy) is 1. The molecule has 0 radical (unpaired) electrons. The highest BCUT2D eigenvalue weighted by Gasteiger charge is 2.31. The molecule has 0 aliphatic heterocycles. The molecule has 0 saturated carbocycles. The predicted octanol–water partition coefficient (Wildman–Crippen LogP) is 5.54. The molecule has 0 saturated heterocycles. The third-order valence-corrected chi connectivity index (χ3v) is 5.61. The van der Waals surface area contributed by atoms with Gasteiger partial charge < -0.3 is 19.7 Å². The maximum absolute atomic E-state index is 11.3. The SMILES string of the molecule is C.C=N/C=C(\C=N/COCC(C)(CC)C(=O)O)c1ccc(Nc2nc3ccccc3n2C)cc1. The third-order valence-electron chi connectivity index (χ3n) is 5.61. The average molecular weight is 464 g/mol. The fraction of sp³-hybridized carbons (Fsp3) is 0.308. The van der Waals surface area contributed by atoms with Gasteiger partial charge in [-0.05, 0) is 49.9 Å². The second-order valence-corrected chi connectivity index (χ2v) is 7.96. The average Bonchev–Trinajstić information content (AvgIpc) is 3.13. The van der Waals surface area contributed by atoms with Gasteiger partial charge >= 0.3 is 5.97 Å². The van der Waals surface area contributed by atoms with E-state index in [1.165, 1.54) is 0 Å². The second kappa shape index (κ2) is 11.9. The van der Waals surface area contributed by atoms with Gasteiger partial charge in [-0.15, -0.1) is 0 Å². The molecule has 1 heterocycles. The molecule has 0 amide bonds. The molecule has 180 valence electrons. The highest BCUT2D eigenvalue weighted by molar-refractivity contribution is 6.09. The molecule has 8 nitrogen and oxygen atoms in total. The summed E-state index contributed by atoms with van der Waals surface area (Å²) in [4.78, 5) is 24.1. The summed E-state index contributed by atoms with van der Waals surface area (Å²) < 4.78 is 7.48. The van der Waals surface area contributed by atoms with E-state index in [4.69, 9.17) is 4.74 Å². The fourth-order valence-corrected chi connectivity index (χ4v) is 3.19. The number of imidazole rings is 1. The van der Waals surface area contributed by atoms with Gasteiger partial charge in [-0.1, -0.05) is 38.6 Å². The van der Waals surface area contributed by atoms with Crippen molar-refractivity contribution in [1.82, 2.24) is 9.55 Å². The van der Waals surface area contributed by atoms with Crippen molar-refractivity contribution in [3.63, 3.8) is 0 Å². The monoisotopic (exact) mass is 463 g/mol. The van der Waals surface area contributed by atoms with Crippen LogP contribution in [0.1, 0.15) is 33.3 Å². The Bertz CT molecular complexity index is 1180. The number of nitrogens with zero attached hydrogens (tertiary/aromatic N) is 4. The van der Waals surface area contributed by atoms with Gasteiger partial charge in [0.2, 0.25) is 5.95 Å². The van der Waals surface area contributed by atoms with Crippen LogP contribution in [0.4, 0.5) is 11.6 Å². The van der Waals surface area contributed by atoms with E-state index in [9.17, 15) is 9.90 Å². The molecule has 0 spiro atoms. The van der Waals surface area contributed by atoms with Crippen LogP contribution in [0.25, 0.3) is 16.6 Å². The standard InChI is InChI=1S/C25H29N5O3.CH4/c1-5-25(2,23(31)32)16-33-17-27-15-19(14-26-3)18-10-12-20(13-11-18)28-24-29-21-8-6-7-9-22(21)30(24)4;/h6-15H,3,5,16-17H2,1-2,4H3,(H,28,29)(H,31,32);1H4/b19-14+,27-15-;. The summed E-state index contributed by atoms with van der Waals surface area (Å²) in [7, 11) is 1.97. The summed E-state index contributed by atoms with van der Waals surface area (Å²) in [5.74, 6) is -0.121. The molecule has 3 rings (SSSR count). The van der Waals surface area contributed by atoms with Gasteiger partial charge in [0, 0.05) is 30.7 Å². The van der Waals surface area contributed by atoms with Crippen LogP contribution in [0.3, 0.4) is 0 Å². The van der Waals surface area contributed by atoms with Crippen LogP contribution < -0.4 is 5.32 Å². The molecule has 34 heavy (non-hydrogen) atoms. The van der Waals surface area contributed by atoms with Crippen molar-refractivity contribution in [3.8, 4) is 0 Å². The number of hydrogen-bond donors (Lipinski definition) is 2. The zero-order valence-electron chi connectivity index (χ0n) is 19.2. The first-order valence-electron chi connectivity index (χ1n) is 10.6. The number of aryl methyl sites for hydroxylation is 1. The Hall–Kier alpha value is -3.78. The van der Waals surface area contributed by atoms with Crippen molar-refractivity contribution in [2.45, 2.75) is 27.7 Å². The number of aliphatic carboxylic acids is 1. The van der Waals surface area contributed by atoms with E-state index in [1.807, 2.05) is 67.1 Å². The minimum atomic E-state index is -0.918.